The van der Waals surface area contributed by atoms with E-state index in [1.54, 1.807) is 6.26 Å². The molecule has 0 spiro atoms. The van der Waals surface area contributed by atoms with Crippen molar-refractivity contribution in [1.29, 1.82) is 0 Å². The Kier molecular flexibility index (Phi) is 3.48. The van der Waals surface area contributed by atoms with Gasteiger partial charge >= 0.3 is 0 Å². The lowest BCUT2D eigenvalue weighted by Crippen LogP contribution is -2.12. The SMILES string of the molecule is CNC(C)c1coc(CC(C)C)n1. The highest BCUT2D eigenvalue weighted by molar-refractivity contribution is 5.01. The first kappa shape index (κ1) is 10.3. The summed E-state index contributed by atoms with van der Waals surface area (Å²) < 4.78 is 5.35. The van der Waals surface area contributed by atoms with E-state index < -0.39 is 0 Å². The molecular formula is C10H18N2O. The summed E-state index contributed by atoms with van der Waals surface area (Å²) in [5, 5.41) is 3.13. The highest BCUT2D eigenvalue weighted by Gasteiger charge is 2.09. The fourth-order valence-corrected chi connectivity index (χ4v) is 1.11. The smallest absolute Gasteiger partial charge is 0.194 e. The molecule has 0 saturated heterocycles. The number of nitrogens with zero attached hydrogens (tertiary/aromatic N) is 1. The molecule has 0 aliphatic heterocycles. The molecule has 1 aromatic rings. The Labute approximate surface area is 79.5 Å². The summed E-state index contributed by atoms with van der Waals surface area (Å²) in [4.78, 5) is 4.39. The molecule has 1 rings (SSSR count). The average molecular weight is 182 g/mol. The van der Waals surface area contributed by atoms with Gasteiger partial charge in [0.25, 0.3) is 0 Å². The van der Waals surface area contributed by atoms with Crippen LogP contribution in [0.3, 0.4) is 0 Å². The Morgan fingerprint density at radius 2 is 2.15 bits per heavy atom. The zero-order valence-electron chi connectivity index (χ0n) is 8.79. The summed E-state index contributed by atoms with van der Waals surface area (Å²) in [7, 11) is 1.92. The monoisotopic (exact) mass is 182 g/mol. The first-order chi connectivity index (χ1) is 6.13. The molecule has 1 N–H and O–H groups in total. The van der Waals surface area contributed by atoms with Crippen LogP contribution in [0.5, 0.6) is 0 Å². The highest BCUT2D eigenvalue weighted by atomic mass is 16.3. The molecule has 3 nitrogen and oxygen atoms in total. The maximum Gasteiger partial charge on any atom is 0.194 e. The van der Waals surface area contributed by atoms with Gasteiger partial charge in [-0.2, -0.15) is 0 Å². The standard InChI is InChI=1S/C10H18N2O/c1-7(2)5-10-12-9(6-13-10)8(3)11-4/h6-8,11H,5H2,1-4H3. The molecule has 1 unspecified atom stereocenters. The number of oxazole rings is 1. The van der Waals surface area contributed by atoms with Gasteiger partial charge in [0.05, 0.1) is 5.69 Å². The Hall–Kier alpha value is -0.830. The van der Waals surface area contributed by atoms with E-state index >= 15 is 0 Å². The van der Waals surface area contributed by atoms with Gasteiger partial charge in [-0.15, -0.1) is 0 Å². The van der Waals surface area contributed by atoms with Crippen LogP contribution in [0, 0.1) is 5.92 Å². The summed E-state index contributed by atoms with van der Waals surface area (Å²) in [6.45, 7) is 6.38. The van der Waals surface area contributed by atoms with E-state index in [2.05, 4.69) is 31.1 Å². The van der Waals surface area contributed by atoms with E-state index in [0.717, 1.165) is 18.0 Å². The molecule has 0 fully saturated rings. The van der Waals surface area contributed by atoms with E-state index in [-0.39, 0.29) is 6.04 Å². The molecule has 1 aromatic heterocycles. The van der Waals surface area contributed by atoms with Crippen molar-refractivity contribution in [1.82, 2.24) is 10.3 Å². The van der Waals surface area contributed by atoms with Crippen molar-refractivity contribution in [2.75, 3.05) is 7.05 Å². The van der Waals surface area contributed by atoms with Crippen molar-refractivity contribution in [3.8, 4) is 0 Å². The van der Waals surface area contributed by atoms with Crippen LogP contribution in [0.15, 0.2) is 10.7 Å². The molecule has 0 radical (unpaired) electrons. The minimum absolute atomic E-state index is 0.268. The van der Waals surface area contributed by atoms with Crippen LogP contribution in [0.2, 0.25) is 0 Å². The second-order valence-corrected chi connectivity index (χ2v) is 3.77. The molecular weight excluding hydrogens is 164 g/mol. The normalized spacial score (nSPS) is 13.6. The highest BCUT2D eigenvalue weighted by Crippen LogP contribution is 2.13. The maximum atomic E-state index is 5.35. The van der Waals surface area contributed by atoms with Crippen LogP contribution in [-0.2, 0) is 6.42 Å². The van der Waals surface area contributed by atoms with E-state index in [1.807, 2.05) is 7.05 Å². The topological polar surface area (TPSA) is 38.1 Å². The van der Waals surface area contributed by atoms with Gasteiger partial charge in [0.15, 0.2) is 5.89 Å². The van der Waals surface area contributed by atoms with Crippen molar-refractivity contribution < 1.29 is 4.42 Å². The minimum atomic E-state index is 0.268. The third kappa shape index (κ3) is 2.84. The summed E-state index contributed by atoms with van der Waals surface area (Å²) in [6.07, 6.45) is 2.65. The lowest BCUT2D eigenvalue weighted by molar-refractivity contribution is 0.457. The predicted octanol–water partition coefficient (Wildman–Crippen LogP) is 2.15. The number of aromatic nitrogens is 1. The Bertz CT molecular complexity index is 255. The van der Waals surface area contributed by atoms with Gasteiger partial charge in [-0.05, 0) is 19.9 Å². The van der Waals surface area contributed by atoms with Crippen LogP contribution in [-0.4, -0.2) is 12.0 Å². The van der Waals surface area contributed by atoms with E-state index in [0.29, 0.717) is 5.92 Å². The summed E-state index contributed by atoms with van der Waals surface area (Å²) >= 11 is 0. The third-order valence-electron chi connectivity index (χ3n) is 2.03. The first-order valence-electron chi connectivity index (χ1n) is 4.75. The molecule has 3 heteroatoms. The average Bonchev–Trinajstić information content (AvgIpc) is 2.50. The second-order valence-electron chi connectivity index (χ2n) is 3.77. The number of hydrogen-bond donors (Lipinski definition) is 1. The molecule has 74 valence electrons. The van der Waals surface area contributed by atoms with Gasteiger partial charge in [0.2, 0.25) is 0 Å². The fourth-order valence-electron chi connectivity index (χ4n) is 1.11. The van der Waals surface area contributed by atoms with Crippen LogP contribution in [0.4, 0.5) is 0 Å². The molecule has 0 aliphatic rings. The first-order valence-corrected chi connectivity index (χ1v) is 4.75. The van der Waals surface area contributed by atoms with Crippen molar-refractivity contribution in [3.63, 3.8) is 0 Å². The van der Waals surface area contributed by atoms with E-state index in [4.69, 9.17) is 4.42 Å². The Morgan fingerprint density at radius 1 is 1.46 bits per heavy atom. The maximum absolute atomic E-state index is 5.35. The van der Waals surface area contributed by atoms with Gasteiger partial charge in [-0.25, -0.2) is 4.98 Å². The lowest BCUT2D eigenvalue weighted by atomic mass is 10.1. The number of nitrogens with one attached hydrogen (secondary N) is 1. The fraction of sp³-hybridized carbons (Fsp3) is 0.700. The van der Waals surface area contributed by atoms with E-state index in [9.17, 15) is 0 Å². The molecule has 0 bridgehead atoms. The summed E-state index contributed by atoms with van der Waals surface area (Å²) in [5.41, 5.74) is 0.984. The Morgan fingerprint density at radius 3 is 2.69 bits per heavy atom. The number of rotatable bonds is 4. The molecule has 1 heterocycles. The van der Waals surface area contributed by atoms with Crippen molar-refractivity contribution in [2.24, 2.45) is 5.92 Å². The van der Waals surface area contributed by atoms with Gasteiger partial charge in [-0.3, -0.25) is 0 Å². The lowest BCUT2D eigenvalue weighted by Gasteiger charge is -2.03. The predicted molar refractivity (Wildman–Crippen MR) is 52.5 cm³/mol. The second kappa shape index (κ2) is 4.42. The van der Waals surface area contributed by atoms with Gasteiger partial charge in [-0.1, -0.05) is 13.8 Å². The molecule has 0 aromatic carbocycles. The molecule has 0 amide bonds. The van der Waals surface area contributed by atoms with Crippen LogP contribution in [0.25, 0.3) is 0 Å². The van der Waals surface area contributed by atoms with Crippen molar-refractivity contribution in [2.45, 2.75) is 33.2 Å². The van der Waals surface area contributed by atoms with Crippen molar-refractivity contribution in [3.05, 3.63) is 17.8 Å². The quantitative estimate of drug-likeness (QED) is 0.775. The minimum Gasteiger partial charge on any atom is -0.449 e. The van der Waals surface area contributed by atoms with Gasteiger partial charge < -0.3 is 9.73 Å². The van der Waals surface area contributed by atoms with E-state index in [1.165, 1.54) is 0 Å². The van der Waals surface area contributed by atoms with Crippen LogP contribution in [0.1, 0.15) is 38.4 Å². The van der Waals surface area contributed by atoms with Crippen LogP contribution >= 0.6 is 0 Å². The zero-order valence-corrected chi connectivity index (χ0v) is 8.79. The zero-order chi connectivity index (χ0) is 9.84. The molecule has 0 saturated carbocycles. The summed E-state index contributed by atoms with van der Waals surface area (Å²) in [6, 6.07) is 0.268. The summed E-state index contributed by atoms with van der Waals surface area (Å²) in [5.74, 6) is 1.43. The van der Waals surface area contributed by atoms with Gasteiger partial charge in [0.1, 0.15) is 6.26 Å². The van der Waals surface area contributed by atoms with Crippen molar-refractivity contribution >= 4 is 0 Å². The molecule has 13 heavy (non-hydrogen) atoms. The van der Waals surface area contributed by atoms with Gasteiger partial charge in [0, 0.05) is 12.5 Å². The largest absolute Gasteiger partial charge is 0.449 e. The van der Waals surface area contributed by atoms with Crippen LogP contribution < -0.4 is 5.32 Å². The number of hydrogen-bond acceptors (Lipinski definition) is 3. The third-order valence-corrected chi connectivity index (χ3v) is 2.03. The molecule has 0 aliphatic carbocycles. The molecule has 1 atom stereocenters. The Balaban J connectivity index is 2.63.